The van der Waals surface area contributed by atoms with E-state index in [0.29, 0.717) is 25.7 Å². The highest BCUT2D eigenvalue weighted by atomic mass is 16.1. The molecule has 5 N–H and O–H groups in total. The van der Waals surface area contributed by atoms with E-state index in [1.807, 2.05) is 0 Å². The fourth-order valence-corrected chi connectivity index (χ4v) is 9.65. The van der Waals surface area contributed by atoms with Gasteiger partial charge in [0.2, 0.25) is 5.78 Å². The summed E-state index contributed by atoms with van der Waals surface area (Å²) in [4.78, 5) is 42.6. The number of nitrogens with two attached hydrogens (primary N) is 2. The number of fused-ring (bicyclic) bond motifs is 5. The average molecular weight is 504 g/mol. The molecule has 198 valence electrons. The Morgan fingerprint density at radius 1 is 0.784 bits per heavy atom. The molecule has 6 heteroatoms. The predicted molar refractivity (Wildman–Crippen MR) is 140 cm³/mol. The smallest absolute Gasteiger partial charge is 0.225 e. The molecule has 0 radical (unpaired) electrons. The standard InChI is InChI=1S/C31H41N3O3/c32-28-13-5-3-9-20(19-28)24(36)23-21-10-8-14-29(21,33)26(37)31-16-7-6-15-30(31,34-31)25(23)27(17-18-27)12-4-1-2-11-22(28)35/h20-21,34H,1,3-10,12-19,32-33H2. The second-order valence-electron chi connectivity index (χ2n) is 13.7. The van der Waals surface area contributed by atoms with E-state index in [9.17, 15) is 14.4 Å². The summed E-state index contributed by atoms with van der Waals surface area (Å²) in [5.74, 6) is 5.60. The Kier molecular flexibility index (Phi) is 5.16. The molecule has 7 aliphatic rings. The third-order valence-corrected chi connectivity index (χ3v) is 11.7. The first kappa shape index (κ1) is 24.2. The van der Waals surface area contributed by atoms with Crippen molar-refractivity contribution in [2.24, 2.45) is 28.7 Å². The van der Waals surface area contributed by atoms with Gasteiger partial charge in [0.25, 0.3) is 0 Å². The van der Waals surface area contributed by atoms with Gasteiger partial charge in [0.15, 0.2) is 11.6 Å². The van der Waals surface area contributed by atoms with Crippen LogP contribution in [0.25, 0.3) is 0 Å². The third-order valence-electron chi connectivity index (χ3n) is 11.7. The summed E-state index contributed by atoms with van der Waals surface area (Å²) in [6, 6.07) is 0. The summed E-state index contributed by atoms with van der Waals surface area (Å²) in [6.45, 7) is 0. The van der Waals surface area contributed by atoms with Crippen LogP contribution in [-0.4, -0.2) is 39.5 Å². The molecule has 0 aromatic carbocycles. The van der Waals surface area contributed by atoms with Gasteiger partial charge in [-0.3, -0.25) is 19.7 Å². The highest BCUT2D eigenvalue weighted by Gasteiger charge is 2.80. The maximum absolute atomic E-state index is 14.9. The second-order valence-corrected chi connectivity index (χ2v) is 13.7. The molecule has 1 aliphatic heterocycles. The van der Waals surface area contributed by atoms with Gasteiger partial charge < -0.3 is 11.5 Å². The van der Waals surface area contributed by atoms with Gasteiger partial charge in [-0.15, -0.1) is 0 Å². The number of carbonyl (C=O) groups excluding carboxylic acids is 3. The predicted octanol–water partition coefficient (Wildman–Crippen LogP) is 3.40. The molecule has 1 heterocycles. The lowest BCUT2D eigenvalue weighted by atomic mass is 9.66. The van der Waals surface area contributed by atoms with Crippen molar-refractivity contribution in [1.29, 1.82) is 0 Å². The number of nitrogens with one attached hydrogen (secondary N) is 1. The van der Waals surface area contributed by atoms with Crippen molar-refractivity contribution in [2.45, 2.75) is 131 Å². The van der Waals surface area contributed by atoms with Crippen LogP contribution in [0.3, 0.4) is 0 Å². The quantitative estimate of drug-likeness (QED) is 0.264. The van der Waals surface area contributed by atoms with E-state index in [4.69, 9.17) is 11.5 Å². The second kappa shape index (κ2) is 7.87. The zero-order valence-electron chi connectivity index (χ0n) is 22.1. The lowest BCUT2D eigenvalue weighted by Gasteiger charge is -2.36. The molecule has 4 saturated carbocycles. The van der Waals surface area contributed by atoms with E-state index in [0.717, 1.165) is 89.0 Å². The van der Waals surface area contributed by atoms with Crippen LogP contribution in [0.5, 0.6) is 0 Å². The molecule has 6 unspecified atom stereocenters. The number of ketones is 3. The molecule has 37 heavy (non-hydrogen) atoms. The van der Waals surface area contributed by atoms with Crippen molar-refractivity contribution in [3.8, 4) is 11.8 Å². The van der Waals surface area contributed by atoms with E-state index in [2.05, 4.69) is 17.2 Å². The van der Waals surface area contributed by atoms with Gasteiger partial charge in [-0.25, -0.2) is 0 Å². The van der Waals surface area contributed by atoms with Crippen molar-refractivity contribution in [3.05, 3.63) is 11.1 Å². The monoisotopic (exact) mass is 503 g/mol. The normalized spacial score (nSPS) is 46.5. The zero-order chi connectivity index (χ0) is 25.7. The van der Waals surface area contributed by atoms with E-state index in [1.54, 1.807) is 0 Å². The first-order valence-electron chi connectivity index (χ1n) is 15.0. The van der Waals surface area contributed by atoms with Crippen LogP contribution in [0.2, 0.25) is 0 Å². The Hall–Kier alpha value is -1.81. The molecule has 5 fully saturated rings. The molecule has 2 bridgehead atoms. The van der Waals surface area contributed by atoms with Crippen molar-refractivity contribution < 1.29 is 14.4 Å². The number of hydrogen-bond acceptors (Lipinski definition) is 6. The lowest BCUT2D eigenvalue weighted by Crippen LogP contribution is -2.58. The Balaban J connectivity index is 1.46. The fourth-order valence-electron chi connectivity index (χ4n) is 9.65. The third kappa shape index (κ3) is 3.14. The number of Topliss-reactive ketones (excluding diaryl/α,β-unsaturated/α-hetero) is 3. The van der Waals surface area contributed by atoms with Crippen LogP contribution >= 0.6 is 0 Å². The minimum absolute atomic E-state index is 0.0462. The largest absolute Gasteiger partial charge is 0.318 e. The van der Waals surface area contributed by atoms with E-state index < -0.39 is 22.2 Å². The molecule has 0 amide bonds. The van der Waals surface area contributed by atoms with E-state index in [-0.39, 0.29) is 34.6 Å². The highest BCUT2D eigenvalue weighted by molar-refractivity contribution is 6.09. The first-order valence-corrected chi connectivity index (χ1v) is 15.0. The summed E-state index contributed by atoms with van der Waals surface area (Å²) in [7, 11) is 0. The summed E-state index contributed by atoms with van der Waals surface area (Å²) < 4.78 is 0. The topological polar surface area (TPSA) is 125 Å². The van der Waals surface area contributed by atoms with Gasteiger partial charge in [0.05, 0.1) is 16.6 Å². The Morgan fingerprint density at radius 2 is 1.54 bits per heavy atom. The van der Waals surface area contributed by atoms with Gasteiger partial charge in [-0.2, -0.15) is 0 Å². The van der Waals surface area contributed by atoms with Gasteiger partial charge in [-0.05, 0) is 87.5 Å². The summed E-state index contributed by atoms with van der Waals surface area (Å²) in [6.07, 6.45) is 14.2. The van der Waals surface area contributed by atoms with Gasteiger partial charge >= 0.3 is 0 Å². The maximum atomic E-state index is 14.9. The minimum atomic E-state index is -1.07. The van der Waals surface area contributed by atoms with Gasteiger partial charge in [0.1, 0.15) is 5.54 Å². The SMILES string of the molecule is NC12CCCCC(C1)C(=O)C1=C(C3(CCCC#CC2=O)CC3)C23CCCCC2(N3)C(=O)C2(N)CCCC12. The average Bonchev–Trinajstić information content (AvgIpc) is 3.78. The molecular weight excluding hydrogens is 462 g/mol. The first-order chi connectivity index (χ1) is 17.7. The summed E-state index contributed by atoms with van der Waals surface area (Å²) in [5.41, 5.74) is 13.0. The molecule has 0 aromatic rings. The van der Waals surface area contributed by atoms with Gasteiger partial charge in [0, 0.05) is 23.8 Å². The molecule has 1 saturated heterocycles. The van der Waals surface area contributed by atoms with Crippen LogP contribution < -0.4 is 16.8 Å². The lowest BCUT2D eigenvalue weighted by molar-refractivity contribution is -0.128. The molecule has 6 aliphatic carbocycles. The Labute approximate surface area is 220 Å². The molecule has 6 atom stereocenters. The molecule has 7 rings (SSSR count). The Morgan fingerprint density at radius 3 is 2.32 bits per heavy atom. The van der Waals surface area contributed by atoms with E-state index in [1.165, 1.54) is 5.57 Å². The van der Waals surface area contributed by atoms with Crippen LogP contribution in [0, 0.1) is 29.1 Å². The summed E-state index contributed by atoms with van der Waals surface area (Å²) in [5, 5.41) is 3.82. The maximum Gasteiger partial charge on any atom is 0.225 e. The Bertz CT molecular complexity index is 1190. The molecule has 6 nitrogen and oxygen atoms in total. The minimum Gasteiger partial charge on any atom is -0.318 e. The van der Waals surface area contributed by atoms with Crippen LogP contribution in [0.4, 0.5) is 0 Å². The molecular formula is C31H41N3O3. The van der Waals surface area contributed by atoms with Crippen molar-refractivity contribution >= 4 is 17.3 Å². The molecule has 0 aromatic heterocycles. The van der Waals surface area contributed by atoms with E-state index >= 15 is 0 Å². The number of carbonyl (C=O) groups is 3. The highest BCUT2D eigenvalue weighted by Crippen LogP contribution is 2.71. The fraction of sp³-hybridized carbons (Fsp3) is 0.774. The van der Waals surface area contributed by atoms with Crippen LogP contribution in [-0.2, 0) is 14.4 Å². The van der Waals surface area contributed by atoms with Crippen LogP contribution in [0.15, 0.2) is 11.1 Å². The summed E-state index contributed by atoms with van der Waals surface area (Å²) >= 11 is 0. The van der Waals surface area contributed by atoms with Gasteiger partial charge in [-0.1, -0.05) is 38.0 Å². The van der Waals surface area contributed by atoms with Crippen LogP contribution in [0.1, 0.15) is 109 Å². The zero-order valence-corrected chi connectivity index (χ0v) is 22.1. The van der Waals surface area contributed by atoms with Crippen molar-refractivity contribution in [3.63, 3.8) is 0 Å². The van der Waals surface area contributed by atoms with Crippen molar-refractivity contribution in [2.75, 3.05) is 0 Å². The molecule has 1 spiro atoms. The number of rotatable bonds is 0. The van der Waals surface area contributed by atoms with Crippen molar-refractivity contribution in [1.82, 2.24) is 5.32 Å². The number of hydrogen-bond donors (Lipinski definition) is 3.